The summed E-state index contributed by atoms with van der Waals surface area (Å²) in [6.07, 6.45) is 0. The summed E-state index contributed by atoms with van der Waals surface area (Å²) < 4.78 is 10.5. The maximum absolute atomic E-state index is 11.2. The van der Waals surface area contributed by atoms with Gasteiger partial charge in [0.05, 0.1) is 24.3 Å². The maximum Gasteiger partial charge on any atom is 0.312 e. The second-order valence-corrected chi connectivity index (χ2v) is 4.34. The largest absolute Gasteiger partial charge is 0.506 e. The van der Waals surface area contributed by atoms with E-state index in [2.05, 4.69) is 15.9 Å². The second-order valence-electron chi connectivity index (χ2n) is 3.48. The van der Waals surface area contributed by atoms with Crippen molar-refractivity contribution in [3.8, 4) is 17.2 Å². The number of phenols is 1. The molecule has 1 aromatic rings. The zero-order valence-electron chi connectivity index (χ0n) is 9.94. The third-order valence-electron chi connectivity index (χ3n) is 2.51. The van der Waals surface area contributed by atoms with Crippen molar-refractivity contribution >= 4 is 21.9 Å². The third kappa shape index (κ3) is 2.51. The van der Waals surface area contributed by atoms with E-state index in [4.69, 9.17) is 20.3 Å². The molecule has 1 rings (SSSR count). The van der Waals surface area contributed by atoms with E-state index < -0.39 is 11.9 Å². The smallest absolute Gasteiger partial charge is 0.312 e. The van der Waals surface area contributed by atoms with Crippen LogP contribution in [0.15, 0.2) is 10.5 Å². The minimum absolute atomic E-state index is 0.0960. The molecule has 0 aliphatic heterocycles. The number of carbonyl (C=O) groups is 1. The lowest BCUT2D eigenvalue weighted by Crippen LogP contribution is -2.22. The number of nitrogens with two attached hydrogens (primary N) is 1. The topological polar surface area (TPSA) is 102 Å². The minimum Gasteiger partial charge on any atom is -0.506 e. The average molecular weight is 320 g/mol. The highest BCUT2D eigenvalue weighted by Crippen LogP contribution is 2.45. The van der Waals surface area contributed by atoms with Crippen LogP contribution in [-0.4, -0.2) is 36.9 Å². The molecule has 0 aromatic heterocycles. The molecule has 1 aromatic carbocycles. The molecule has 0 heterocycles. The first-order chi connectivity index (χ1) is 8.47. The molecule has 0 amide bonds. The molecule has 6 nitrogen and oxygen atoms in total. The Morgan fingerprint density at radius 1 is 1.50 bits per heavy atom. The monoisotopic (exact) mass is 319 g/mol. The molecule has 0 aliphatic rings. The number of rotatable bonds is 5. The van der Waals surface area contributed by atoms with Gasteiger partial charge >= 0.3 is 5.97 Å². The van der Waals surface area contributed by atoms with Crippen LogP contribution in [0.5, 0.6) is 17.2 Å². The van der Waals surface area contributed by atoms with Gasteiger partial charge in [0.25, 0.3) is 0 Å². The van der Waals surface area contributed by atoms with Gasteiger partial charge in [0.2, 0.25) is 0 Å². The summed E-state index contributed by atoms with van der Waals surface area (Å²) in [6.45, 7) is -0.168. The number of carboxylic acid groups (broad SMARTS) is 1. The fourth-order valence-corrected chi connectivity index (χ4v) is 2.07. The van der Waals surface area contributed by atoms with Gasteiger partial charge in [-0.15, -0.1) is 0 Å². The molecule has 0 bridgehead atoms. The van der Waals surface area contributed by atoms with Crippen LogP contribution >= 0.6 is 15.9 Å². The Morgan fingerprint density at radius 2 is 2.11 bits per heavy atom. The number of hydrogen-bond donors (Lipinski definition) is 3. The standard InChI is InChI=1S/C11H14BrNO5/c1-17-7-3-6(12)9(14)8(10(7)18-2)5(4-13)11(15)16/h3,5,14H,4,13H2,1-2H3,(H,15,16). The van der Waals surface area contributed by atoms with Crippen LogP contribution in [0.4, 0.5) is 0 Å². The summed E-state index contributed by atoms with van der Waals surface area (Å²) in [4.78, 5) is 11.2. The lowest BCUT2D eigenvalue weighted by atomic mass is 9.96. The number of benzene rings is 1. The van der Waals surface area contributed by atoms with Crippen molar-refractivity contribution in [3.05, 3.63) is 16.1 Å². The van der Waals surface area contributed by atoms with Gasteiger partial charge in [0, 0.05) is 12.6 Å². The van der Waals surface area contributed by atoms with E-state index in [1.807, 2.05) is 0 Å². The van der Waals surface area contributed by atoms with Crippen molar-refractivity contribution in [2.24, 2.45) is 5.73 Å². The minimum atomic E-state index is -1.15. The van der Waals surface area contributed by atoms with E-state index in [1.54, 1.807) is 0 Å². The van der Waals surface area contributed by atoms with Gasteiger partial charge in [0.15, 0.2) is 11.5 Å². The second kappa shape index (κ2) is 5.92. The van der Waals surface area contributed by atoms with E-state index in [0.717, 1.165) is 0 Å². The van der Waals surface area contributed by atoms with Crippen molar-refractivity contribution in [2.45, 2.75) is 5.92 Å². The van der Waals surface area contributed by atoms with Crippen LogP contribution in [0.1, 0.15) is 11.5 Å². The van der Waals surface area contributed by atoms with Crippen LogP contribution in [0, 0.1) is 0 Å². The van der Waals surface area contributed by atoms with Gasteiger partial charge in [-0.2, -0.15) is 0 Å². The molecule has 0 saturated heterocycles. The van der Waals surface area contributed by atoms with Crippen LogP contribution < -0.4 is 15.2 Å². The molecule has 1 unspecified atom stereocenters. The van der Waals surface area contributed by atoms with Crippen LogP contribution in [0.2, 0.25) is 0 Å². The number of carboxylic acids is 1. The first-order valence-corrected chi connectivity index (χ1v) is 5.83. The molecule has 100 valence electrons. The van der Waals surface area contributed by atoms with Gasteiger partial charge in [-0.05, 0) is 15.9 Å². The number of aromatic hydroxyl groups is 1. The molecule has 0 aliphatic carbocycles. The van der Waals surface area contributed by atoms with Crippen molar-refractivity contribution in [3.63, 3.8) is 0 Å². The summed E-state index contributed by atoms with van der Waals surface area (Å²) in [7, 11) is 2.79. The molecule has 0 radical (unpaired) electrons. The first kappa shape index (κ1) is 14.6. The average Bonchev–Trinajstić information content (AvgIpc) is 2.34. The zero-order valence-corrected chi connectivity index (χ0v) is 11.5. The van der Waals surface area contributed by atoms with Crippen LogP contribution in [0.25, 0.3) is 0 Å². The lowest BCUT2D eigenvalue weighted by Gasteiger charge is -2.19. The number of methoxy groups -OCH3 is 2. The molecular formula is C11H14BrNO5. The Hall–Kier alpha value is -1.47. The quantitative estimate of drug-likeness (QED) is 0.756. The SMILES string of the molecule is COc1cc(Br)c(O)c(C(CN)C(=O)O)c1OC. The number of halogens is 1. The highest BCUT2D eigenvalue weighted by atomic mass is 79.9. The van der Waals surface area contributed by atoms with Gasteiger partial charge < -0.3 is 25.4 Å². The molecule has 0 spiro atoms. The molecule has 7 heteroatoms. The molecule has 0 saturated carbocycles. The zero-order chi connectivity index (χ0) is 13.9. The summed E-state index contributed by atoms with van der Waals surface area (Å²) in [6, 6.07) is 1.49. The fourth-order valence-electron chi connectivity index (χ4n) is 1.65. The number of hydrogen-bond acceptors (Lipinski definition) is 5. The van der Waals surface area contributed by atoms with E-state index in [-0.39, 0.29) is 23.6 Å². The van der Waals surface area contributed by atoms with E-state index >= 15 is 0 Å². The van der Waals surface area contributed by atoms with E-state index in [0.29, 0.717) is 10.2 Å². The van der Waals surface area contributed by atoms with Crippen molar-refractivity contribution in [2.75, 3.05) is 20.8 Å². The fraction of sp³-hybridized carbons (Fsp3) is 0.364. The molecule has 4 N–H and O–H groups in total. The summed E-state index contributed by atoms with van der Waals surface area (Å²) in [5.41, 5.74) is 5.53. The Balaban J connectivity index is 3.57. The van der Waals surface area contributed by atoms with E-state index in [1.165, 1.54) is 20.3 Å². The maximum atomic E-state index is 11.2. The molecule has 18 heavy (non-hydrogen) atoms. The summed E-state index contributed by atoms with van der Waals surface area (Å²) in [5, 5.41) is 19.1. The summed E-state index contributed by atoms with van der Waals surface area (Å²) >= 11 is 3.13. The number of phenolic OH excluding ortho intramolecular Hbond substituents is 1. The highest BCUT2D eigenvalue weighted by Gasteiger charge is 2.29. The Labute approximate surface area is 112 Å². The van der Waals surface area contributed by atoms with Gasteiger partial charge in [-0.25, -0.2) is 0 Å². The number of ether oxygens (including phenoxy) is 2. The van der Waals surface area contributed by atoms with E-state index in [9.17, 15) is 9.90 Å². The first-order valence-electron chi connectivity index (χ1n) is 5.04. The van der Waals surface area contributed by atoms with Gasteiger partial charge in [0.1, 0.15) is 11.7 Å². The van der Waals surface area contributed by atoms with Gasteiger partial charge in [-0.3, -0.25) is 4.79 Å². The normalized spacial score (nSPS) is 12.0. The van der Waals surface area contributed by atoms with Crippen LogP contribution in [0.3, 0.4) is 0 Å². The number of aliphatic carboxylic acids is 1. The van der Waals surface area contributed by atoms with Crippen molar-refractivity contribution < 1.29 is 24.5 Å². The Bertz CT molecular complexity index is 463. The Morgan fingerprint density at radius 3 is 2.50 bits per heavy atom. The predicted molar refractivity (Wildman–Crippen MR) is 68.3 cm³/mol. The van der Waals surface area contributed by atoms with Gasteiger partial charge in [-0.1, -0.05) is 0 Å². The van der Waals surface area contributed by atoms with Crippen molar-refractivity contribution in [1.29, 1.82) is 0 Å². The predicted octanol–water partition coefficient (Wildman–Crippen LogP) is 1.30. The molecular weight excluding hydrogens is 306 g/mol. The summed E-state index contributed by atoms with van der Waals surface area (Å²) in [5.74, 6) is -1.96. The highest BCUT2D eigenvalue weighted by molar-refractivity contribution is 9.10. The lowest BCUT2D eigenvalue weighted by molar-refractivity contribution is -0.138. The van der Waals surface area contributed by atoms with Crippen LogP contribution in [-0.2, 0) is 4.79 Å². The third-order valence-corrected chi connectivity index (χ3v) is 3.12. The Kier molecular flexibility index (Phi) is 4.80. The molecule has 0 fully saturated rings. The molecule has 1 atom stereocenters. The van der Waals surface area contributed by atoms with Crippen molar-refractivity contribution in [1.82, 2.24) is 0 Å².